The molecule has 12 heteroatoms. The van der Waals surface area contributed by atoms with Crippen molar-refractivity contribution in [2.45, 2.75) is 13.0 Å². The molecule has 1 N–H and O–H groups in total. The zero-order valence-electron chi connectivity index (χ0n) is 17.7. The van der Waals surface area contributed by atoms with Crippen LogP contribution in [0, 0.1) is 28.7 Å². The molecule has 0 saturated carbocycles. The van der Waals surface area contributed by atoms with Gasteiger partial charge in [0.25, 0.3) is 11.6 Å². The number of non-ortho nitro benzene ring substituents is 1. The number of amides is 1. The van der Waals surface area contributed by atoms with Crippen molar-refractivity contribution in [2.75, 3.05) is 4.90 Å². The Morgan fingerprint density at radius 1 is 1.20 bits per heavy atom. The fourth-order valence-electron chi connectivity index (χ4n) is 3.86. The number of aliphatic hydroxyl groups excluding tert-OH is 1. The number of benzene rings is 2. The first-order valence-electron chi connectivity index (χ1n) is 10.0. The van der Waals surface area contributed by atoms with E-state index >= 15 is 0 Å². The average Bonchev–Trinajstić information content (AvgIpc) is 3.49. The van der Waals surface area contributed by atoms with Crippen LogP contribution in [0.15, 0.2) is 64.3 Å². The smallest absolute Gasteiger partial charge is 0.296 e. The first-order valence-corrected chi connectivity index (χ1v) is 10.8. The Labute approximate surface area is 198 Å². The summed E-state index contributed by atoms with van der Waals surface area (Å²) in [6.45, 7) is 1.59. The first-order chi connectivity index (χ1) is 16.7. The quantitative estimate of drug-likeness (QED) is 0.229. The number of carbonyl (C=O) groups excluding carboxylic acids is 2. The number of aromatic nitrogens is 1. The summed E-state index contributed by atoms with van der Waals surface area (Å²) in [7, 11) is 0. The lowest BCUT2D eigenvalue weighted by Crippen LogP contribution is -2.31. The molecule has 1 atom stereocenters. The Balaban J connectivity index is 1.69. The minimum atomic E-state index is -1.50. The predicted octanol–water partition coefficient (Wildman–Crippen LogP) is 5.17. The molecule has 1 aliphatic rings. The molecule has 3 heterocycles. The van der Waals surface area contributed by atoms with Crippen molar-refractivity contribution in [1.29, 1.82) is 0 Å². The molecule has 4 aromatic rings. The van der Waals surface area contributed by atoms with Gasteiger partial charge in [-0.3, -0.25) is 24.6 Å². The number of hydrogen-bond donors (Lipinski definition) is 1. The largest absolute Gasteiger partial charge is 0.503 e. The molecule has 1 unspecified atom stereocenters. The van der Waals surface area contributed by atoms with E-state index in [1.807, 2.05) is 0 Å². The molecule has 0 fully saturated rings. The molecule has 9 nitrogen and oxygen atoms in total. The number of thiazole rings is 1. The molecule has 5 rings (SSSR count). The Morgan fingerprint density at radius 2 is 1.97 bits per heavy atom. The molecular formula is C23H13F2N3O6S. The van der Waals surface area contributed by atoms with Gasteiger partial charge >= 0.3 is 0 Å². The Bertz CT molecular complexity index is 1590. The van der Waals surface area contributed by atoms with E-state index in [1.165, 1.54) is 30.3 Å². The number of carbonyl (C=O) groups is 2. The van der Waals surface area contributed by atoms with Crippen molar-refractivity contribution in [3.63, 3.8) is 0 Å². The molecule has 2 aromatic heterocycles. The van der Waals surface area contributed by atoms with Gasteiger partial charge in [-0.25, -0.2) is 13.8 Å². The number of nitro groups is 1. The zero-order chi connectivity index (χ0) is 25.0. The normalized spacial score (nSPS) is 15.9. The maximum absolute atomic E-state index is 14.9. The third-order valence-electron chi connectivity index (χ3n) is 5.45. The SMILES string of the molecule is Cc1ccc(C(=O)C2=C(O)C(=O)N(c3nc4ccc([N+](=O)[O-])cc4s3)C2c2ccc(F)cc2F)o1. The van der Waals surface area contributed by atoms with Crippen LogP contribution >= 0.6 is 11.3 Å². The average molecular weight is 497 g/mol. The number of hydrogen-bond acceptors (Lipinski definition) is 8. The molecular weight excluding hydrogens is 484 g/mol. The number of nitro benzene ring substituents is 1. The maximum Gasteiger partial charge on any atom is 0.296 e. The number of fused-ring (bicyclic) bond motifs is 1. The molecule has 176 valence electrons. The standard InChI is InChI=1S/C23H13F2N3O6S/c1-10-2-7-16(34-10)20(29)18-19(13-5-3-11(24)8-14(13)25)27(22(31)21(18)30)23-26-15-6-4-12(28(32)33)9-17(15)35-23/h2-9,19,30H,1H3. The second kappa shape index (κ2) is 8.09. The van der Waals surface area contributed by atoms with Gasteiger partial charge in [0.15, 0.2) is 16.7 Å². The van der Waals surface area contributed by atoms with E-state index in [-0.39, 0.29) is 22.1 Å². The van der Waals surface area contributed by atoms with Crippen LogP contribution in [0.4, 0.5) is 19.6 Å². The van der Waals surface area contributed by atoms with E-state index in [0.29, 0.717) is 22.0 Å². The van der Waals surface area contributed by atoms with Gasteiger partial charge in [-0.1, -0.05) is 17.4 Å². The van der Waals surface area contributed by atoms with Gasteiger partial charge in [0.1, 0.15) is 23.4 Å². The minimum Gasteiger partial charge on any atom is -0.503 e. The number of halogens is 2. The second-order valence-corrected chi connectivity index (χ2v) is 8.66. The van der Waals surface area contributed by atoms with Crippen molar-refractivity contribution in [2.24, 2.45) is 0 Å². The van der Waals surface area contributed by atoms with Crippen molar-refractivity contribution in [3.8, 4) is 0 Å². The molecule has 1 aliphatic heterocycles. The van der Waals surface area contributed by atoms with Crippen LogP contribution in [0.5, 0.6) is 0 Å². The summed E-state index contributed by atoms with van der Waals surface area (Å²) in [5.41, 5.74) is -0.630. The number of rotatable bonds is 5. The summed E-state index contributed by atoms with van der Waals surface area (Å²) < 4.78 is 34.3. The first kappa shape index (κ1) is 22.3. The fraction of sp³-hybridized carbons (Fsp3) is 0.0870. The van der Waals surface area contributed by atoms with Crippen LogP contribution in [0.2, 0.25) is 0 Å². The van der Waals surface area contributed by atoms with E-state index in [2.05, 4.69) is 4.98 Å². The van der Waals surface area contributed by atoms with E-state index in [9.17, 15) is 33.6 Å². The molecule has 0 aliphatic carbocycles. The number of ketones is 1. The molecule has 0 saturated heterocycles. The summed E-state index contributed by atoms with van der Waals surface area (Å²) in [6, 6.07) is 7.84. The van der Waals surface area contributed by atoms with Crippen molar-refractivity contribution in [3.05, 3.63) is 98.7 Å². The number of Topliss-reactive ketones (excluding diaryl/α,β-unsaturated/α-hetero) is 1. The van der Waals surface area contributed by atoms with Crippen LogP contribution < -0.4 is 4.90 Å². The van der Waals surface area contributed by atoms with Gasteiger partial charge in [-0.05, 0) is 31.2 Å². The predicted molar refractivity (Wildman–Crippen MR) is 120 cm³/mol. The number of aryl methyl sites for hydroxylation is 1. The molecule has 35 heavy (non-hydrogen) atoms. The third-order valence-corrected chi connectivity index (χ3v) is 6.47. The van der Waals surface area contributed by atoms with Gasteiger partial charge in [0.05, 0.1) is 20.7 Å². The van der Waals surface area contributed by atoms with Gasteiger partial charge in [-0.2, -0.15) is 0 Å². The Hall–Kier alpha value is -4.45. The van der Waals surface area contributed by atoms with Gasteiger partial charge in [0.2, 0.25) is 5.78 Å². The lowest BCUT2D eigenvalue weighted by atomic mass is 9.95. The number of furan rings is 1. The molecule has 0 spiro atoms. The highest BCUT2D eigenvalue weighted by Crippen LogP contribution is 2.45. The topological polar surface area (TPSA) is 127 Å². The van der Waals surface area contributed by atoms with Crippen LogP contribution in [-0.2, 0) is 4.79 Å². The highest BCUT2D eigenvalue weighted by Gasteiger charge is 2.47. The van der Waals surface area contributed by atoms with Gasteiger partial charge < -0.3 is 9.52 Å². The summed E-state index contributed by atoms with van der Waals surface area (Å²) in [6.07, 6.45) is 0. The monoisotopic (exact) mass is 497 g/mol. The summed E-state index contributed by atoms with van der Waals surface area (Å²) >= 11 is 0.874. The highest BCUT2D eigenvalue weighted by atomic mass is 32.1. The van der Waals surface area contributed by atoms with Crippen molar-refractivity contribution >= 4 is 44.1 Å². The van der Waals surface area contributed by atoms with E-state index < -0.39 is 45.6 Å². The highest BCUT2D eigenvalue weighted by molar-refractivity contribution is 7.22. The van der Waals surface area contributed by atoms with Gasteiger partial charge in [-0.15, -0.1) is 0 Å². The van der Waals surface area contributed by atoms with E-state index in [4.69, 9.17) is 4.42 Å². The van der Waals surface area contributed by atoms with Crippen LogP contribution in [0.25, 0.3) is 10.2 Å². The lowest BCUT2D eigenvalue weighted by Gasteiger charge is -2.24. The summed E-state index contributed by atoms with van der Waals surface area (Å²) in [5, 5.41) is 21.8. The van der Waals surface area contributed by atoms with E-state index in [0.717, 1.165) is 28.4 Å². The Morgan fingerprint density at radius 3 is 2.63 bits per heavy atom. The third kappa shape index (κ3) is 3.64. The zero-order valence-corrected chi connectivity index (χ0v) is 18.5. The molecule has 2 aromatic carbocycles. The fourth-order valence-corrected chi connectivity index (χ4v) is 4.88. The number of anilines is 1. The van der Waals surface area contributed by atoms with Crippen molar-refractivity contribution in [1.82, 2.24) is 4.98 Å². The second-order valence-electron chi connectivity index (χ2n) is 7.65. The number of nitrogens with zero attached hydrogens (tertiary/aromatic N) is 3. The van der Waals surface area contributed by atoms with Crippen molar-refractivity contribution < 1.29 is 32.8 Å². The molecule has 0 radical (unpaired) electrons. The Kier molecular flexibility index (Phi) is 5.17. The van der Waals surface area contributed by atoms with Crippen LogP contribution in [-0.4, -0.2) is 26.7 Å². The van der Waals surface area contributed by atoms with Gasteiger partial charge in [0, 0.05) is 23.8 Å². The molecule has 1 amide bonds. The summed E-state index contributed by atoms with van der Waals surface area (Å²) in [4.78, 5) is 42.2. The summed E-state index contributed by atoms with van der Waals surface area (Å²) in [5.74, 6) is -4.57. The van der Waals surface area contributed by atoms with E-state index in [1.54, 1.807) is 6.92 Å². The van der Waals surface area contributed by atoms with Crippen LogP contribution in [0.3, 0.4) is 0 Å². The minimum absolute atomic E-state index is 0.0517. The number of aliphatic hydroxyl groups is 1. The lowest BCUT2D eigenvalue weighted by molar-refractivity contribution is -0.384. The van der Waals surface area contributed by atoms with Crippen LogP contribution in [0.1, 0.15) is 27.9 Å². The molecule has 0 bridgehead atoms. The maximum atomic E-state index is 14.9.